The van der Waals surface area contributed by atoms with E-state index in [2.05, 4.69) is 0 Å². The lowest BCUT2D eigenvalue weighted by atomic mass is 9.57. The average molecular weight is 472 g/mol. The Balaban J connectivity index is 1.99. The van der Waals surface area contributed by atoms with E-state index in [1.165, 1.54) is 32.2 Å². The number of methoxy groups -OCH3 is 1. The molecular weight excluding hydrogens is 448 g/mol. The van der Waals surface area contributed by atoms with Gasteiger partial charge in [0.05, 0.1) is 24.3 Å². The van der Waals surface area contributed by atoms with Gasteiger partial charge in [-0.2, -0.15) is 0 Å². The van der Waals surface area contributed by atoms with E-state index in [-0.39, 0.29) is 35.1 Å². The molecule has 4 unspecified atom stereocenters. The summed E-state index contributed by atoms with van der Waals surface area (Å²) >= 11 is 0. The number of likely N-dealkylation sites (N-methyl/N-ethyl adjacent to an activating group) is 1. The van der Waals surface area contributed by atoms with Crippen LogP contribution >= 0.6 is 0 Å². The van der Waals surface area contributed by atoms with Crippen LogP contribution in [0.15, 0.2) is 29.0 Å². The van der Waals surface area contributed by atoms with Crippen LogP contribution in [0.1, 0.15) is 27.9 Å². The van der Waals surface area contributed by atoms with Gasteiger partial charge in [0.25, 0.3) is 5.91 Å². The highest BCUT2D eigenvalue weighted by molar-refractivity contribution is 6.24. The third-order valence-corrected chi connectivity index (χ3v) is 7.01. The van der Waals surface area contributed by atoms with E-state index in [9.17, 15) is 39.6 Å². The number of nitrogens with zero attached hydrogens (tertiary/aromatic N) is 1. The summed E-state index contributed by atoms with van der Waals surface area (Å²) in [6.45, 7) is 0. The van der Waals surface area contributed by atoms with Crippen LogP contribution in [-0.4, -0.2) is 81.6 Å². The number of ketones is 2. The lowest BCUT2D eigenvalue weighted by molar-refractivity contribution is -0.153. The lowest BCUT2D eigenvalue weighted by Gasteiger charge is -2.50. The summed E-state index contributed by atoms with van der Waals surface area (Å²) in [5.74, 6) is -8.15. The minimum absolute atomic E-state index is 0.00731. The first-order valence-corrected chi connectivity index (χ1v) is 10.5. The number of phenolic OH excluding ortho intramolecular Hbond substituents is 1. The molecule has 3 aliphatic carbocycles. The average Bonchev–Trinajstić information content (AvgIpc) is 2.75. The molecule has 6 N–H and O–H groups in total. The Bertz CT molecular complexity index is 1230. The molecule has 0 saturated heterocycles. The highest BCUT2D eigenvalue weighted by Crippen LogP contribution is 2.52. The molecule has 1 fully saturated rings. The van der Waals surface area contributed by atoms with Crippen LogP contribution in [0.4, 0.5) is 0 Å². The van der Waals surface area contributed by atoms with Crippen LogP contribution in [0.5, 0.6) is 5.75 Å². The Morgan fingerprint density at radius 1 is 1.18 bits per heavy atom. The molecule has 11 nitrogen and oxygen atoms in total. The van der Waals surface area contributed by atoms with Crippen LogP contribution in [-0.2, 0) is 25.5 Å². The summed E-state index contributed by atoms with van der Waals surface area (Å²) in [6.07, 6.45) is -0.0601. The zero-order chi connectivity index (χ0) is 25.3. The van der Waals surface area contributed by atoms with E-state index in [4.69, 9.17) is 10.5 Å². The Morgan fingerprint density at radius 3 is 2.38 bits per heavy atom. The fourth-order valence-corrected chi connectivity index (χ4v) is 5.55. The number of carbonyl (C=O) groups excluding carboxylic acids is 4. The van der Waals surface area contributed by atoms with Gasteiger partial charge in [-0.05, 0) is 50.6 Å². The molecule has 1 aromatic carbocycles. The SMILES string of the molecule is COC(=O)c1ccc(O)c2c1CC1CC3C(N(C)C)C(=O)C(C(N)=O)=C(O)C3(O)C(=O)C1=C2O. The van der Waals surface area contributed by atoms with Gasteiger partial charge in [0.15, 0.2) is 11.4 Å². The van der Waals surface area contributed by atoms with Crippen molar-refractivity contribution in [2.24, 2.45) is 17.6 Å². The molecule has 4 rings (SSSR count). The van der Waals surface area contributed by atoms with Crippen LogP contribution < -0.4 is 5.73 Å². The van der Waals surface area contributed by atoms with Crippen LogP contribution in [0.25, 0.3) is 5.76 Å². The van der Waals surface area contributed by atoms with Gasteiger partial charge in [-0.1, -0.05) is 0 Å². The third kappa shape index (κ3) is 2.90. The minimum atomic E-state index is -2.71. The summed E-state index contributed by atoms with van der Waals surface area (Å²) in [6, 6.07) is 1.32. The molecular formula is C23H24N2O9. The maximum absolute atomic E-state index is 13.7. The van der Waals surface area contributed by atoms with Crippen molar-refractivity contribution in [1.82, 2.24) is 4.90 Å². The van der Waals surface area contributed by atoms with Gasteiger partial charge in [0.1, 0.15) is 22.8 Å². The molecule has 0 radical (unpaired) electrons. The molecule has 4 atom stereocenters. The predicted molar refractivity (Wildman–Crippen MR) is 116 cm³/mol. The number of aromatic hydroxyl groups is 1. The molecule has 0 spiro atoms. The molecule has 3 aliphatic rings. The first-order valence-electron chi connectivity index (χ1n) is 10.5. The normalized spacial score (nSPS) is 28.4. The highest BCUT2D eigenvalue weighted by atomic mass is 16.5. The maximum Gasteiger partial charge on any atom is 0.338 e. The number of phenols is 1. The van der Waals surface area contributed by atoms with Crippen molar-refractivity contribution >= 4 is 29.2 Å². The second-order valence-electron chi connectivity index (χ2n) is 8.94. The molecule has 0 aromatic heterocycles. The van der Waals surface area contributed by atoms with Crippen molar-refractivity contribution in [3.8, 4) is 5.75 Å². The first kappa shape index (κ1) is 23.5. The standard InChI is InChI=1S/C23H24N2O9/c1-25(2)16-11-7-8-6-10-9(22(32)34-3)4-5-12(26)14(10)17(27)13(8)19(29)23(11,33)20(30)15(18(16)28)21(24)31/h4-5,8,11,16,26-27,30,33H,6-7H2,1-3H3,(H2,24,31). The zero-order valence-corrected chi connectivity index (χ0v) is 18.7. The number of primary amides is 1. The number of amides is 1. The van der Waals surface area contributed by atoms with E-state index in [0.29, 0.717) is 0 Å². The minimum Gasteiger partial charge on any atom is -0.508 e. The van der Waals surface area contributed by atoms with E-state index in [1.54, 1.807) is 0 Å². The fraction of sp³-hybridized carbons (Fsp3) is 0.391. The monoisotopic (exact) mass is 472 g/mol. The van der Waals surface area contributed by atoms with Gasteiger partial charge in [0.2, 0.25) is 5.78 Å². The molecule has 1 aromatic rings. The maximum atomic E-state index is 13.7. The molecule has 1 saturated carbocycles. The van der Waals surface area contributed by atoms with Crippen LogP contribution in [0, 0.1) is 11.8 Å². The highest BCUT2D eigenvalue weighted by Gasteiger charge is 2.64. The molecule has 11 heteroatoms. The summed E-state index contributed by atoms with van der Waals surface area (Å²) in [5, 5.41) is 43.7. The van der Waals surface area contributed by atoms with Crippen molar-refractivity contribution in [1.29, 1.82) is 0 Å². The van der Waals surface area contributed by atoms with Crippen molar-refractivity contribution in [3.63, 3.8) is 0 Å². The molecule has 0 bridgehead atoms. The number of fused-ring (bicyclic) bond motifs is 3. The predicted octanol–water partition coefficient (Wildman–Crippen LogP) is -0.249. The van der Waals surface area contributed by atoms with E-state index in [1.807, 2.05) is 0 Å². The van der Waals surface area contributed by atoms with Gasteiger partial charge >= 0.3 is 5.97 Å². The quantitative estimate of drug-likeness (QED) is 0.290. The first-order chi connectivity index (χ1) is 15.9. The summed E-state index contributed by atoms with van der Waals surface area (Å²) in [7, 11) is 4.21. The number of esters is 1. The lowest BCUT2D eigenvalue weighted by Crippen LogP contribution is -2.65. The summed E-state index contributed by atoms with van der Waals surface area (Å²) < 4.78 is 4.79. The van der Waals surface area contributed by atoms with Gasteiger partial charge in [0, 0.05) is 11.5 Å². The zero-order valence-electron chi connectivity index (χ0n) is 18.7. The van der Waals surface area contributed by atoms with Crippen molar-refractivity contribution in [2.45, 2.75) is 24.5 Å². The largest absolute Gasteiger partial charge is 0.508 e. The third-order valence-electron chi connectivity index (χ3n) is 7.01. The number of hydrogen-bond donors (Lipinski definition) is 5. The second-order valence-corrected chi connectivity index (χ2v) is 8.94. The van der Waals surface area contributed by atoms with Crippen molar-refractivity contribution in [2.75, 3.05) is 21.2 Å². The Labute approximate surface area is 193 Å². The Morgan fingerprint density at radius 2 is 1.82 bits per heavy atom. The van der Waals surface area contributed by atoms with Crippen LogP contribution in [0.3, 0.4) is 0 Å². The van der Waals surface area contributed by atoms with Gasteiger partial charge in [-0.15, -0.1) is 0 Å². The summed E-state index contributed by atoms with van der Waals surface area (Å²) in [5.41, 5.74) is 1.57. The van der Waals surface area contributed by atoms with Crippen molar-refractivity contribution < 1.29 is 44.3 Å². The molecule has 0 aliphatic heterocycles. The van der Waals surface area contributed by atoms with Crippen molar-refractivity contribution in [3.05, 3.63) is 45.7 Å². The molecule has 1 amide bonds. The number of aliphatic hydroxyl groups is 3. The topological polar surface area (TPSA) is 188 Å². The molecule has 34 heavy (non-hydrogen) atoms. The smallest absolute Gasteiger partial charge is 0.338 e. The Kier molecular flexibility index (Phi) is 5.29. The van der Waals surface area contributed by atoms with Gasteiger partial charge < -0.3 is 30.9 Å². The molecule has 180 valence electrons. The second kappa shape index (κ2) is 7.67. The number of ether oxygens (including phenoxy) is 1. The van der Waals surface area contributed by atoms with Gasteiger partial charge in [-0.25, -0.2) is 4.79 Å². The number of carbonyl (C=O) groups is 4. The van der Waals surface area contributed by atoms with Gasteiger partial charge in [-0.3, -0.25) is 19.3 Å². The number of nitrogens with two attached hydrogens (primary N) is 1. The fourth-order valence-electron chi connectivity index (χ4n) is 5.55. The number of Topliss-reactive ketones (excluding diaryl/α,β-unsaturated/α-hetero) is 2. The number of benzene rings is 1. The molecule has 0 heterocycles. The number of hydrogen-bond acceptors (Lipinski definition) is 10. The van der Waals surface area contributed by atoms with E-state index < -0.39 is 69.8 Å². The number of aliphatic hydroxyl groups excluding tert-OH is 2. The summed E-state index contributed by atoms with van der Waals surface area (Å²) in [4.78, 5) is 52.4. The van der Waals surface area contributed by atoms with E-state index >= 15 is 0 Å². The van der Waals surface area contributed by atoms with Crippen LogP contribution in [0.2, 0.25) is 0 Å². The Hall–Kier alpha value is -3.70. The van der Waals surface area contributed by atoms with E-state index in [0.717, 1.165) is 6.07 Å². The number of rotatable bonds is 3.